The number of aliphatic imine (C=N–C) groups is 1. The molecule has 1 aliphatic rings. The average molecular weight is 305 g/mol. The normalized spacial score (nSPS) is 21.8. The average Bonchev–Trinajstić information content (AvgIpc) is 2.92. The first kappa shape index (κ1) is 16.6. The summed E-state index contributed by atoms with van der Waals surface area (Å²) in [6.45, 7) is 7.30. The molecule has 1 aromatic carbocycles. The standard InChI is InChI=1S/C17H27N3O2/c1-3-18-16(20-13-17(2)9-5-11-22-17)19-10-8-14-6-4-7-15(21)12-14/h4,6-7,12,21H,3,5,8-11,13H2,1-2H3,(H2,18,19,20). The summed E-state index contributed by atoms with van der Waals surface area (Å²) >= 11 is 0. The van der Waals surface area contributed by atoms with Crippen molar-refractivity contribution < 1.29 is 9.84 Å². The summed E-state index contributed by atoms with van der Waals surface area (Å²) in [7, 11) is 0. The molecule has 1 saturated heterocycles. The van der Waals surface area contributed by atoms with Crippen molar-refractivity contribution in [3.8, 4) is 5.75 Å². The monoisotopic (exact) mass is 305 g/mol. The lowest BCUT2D eigenvalue weighted by molar-refractivity contribution is 0.0283. The molecule has 1 atom stereocenters. The third kappa shape index (κ3) is 5.22. The Labute approximate surface area is 132 Å². The van der Waals surface area contributed by atoms with E-state index in [-0.39, 0.29) is 5.60 Å². The highest BCUT2D eigenvalue weighted by molar-refractivity contribution is 5.79. The fourth-order valence-corrected chi connectivity index (χ4v) is 2.59. The highest BCUT2D eigenvalue weighted by Gasteiger charge is 2.29. The van der Waals surface area contributed by atoms with E-state index in [1.165, 1.54) is 0 Å². The number of nitrogens with one attached hydrogen (secondary N) is 2. The lowest BCUT2D eigenvalue weighted by Crippen LogP contribution is -2.40. The van der Waals surface area contributed by atoms with Crippen molar-refractivity contribution in [1.82, 2.24) is 10.6 Å². The van der Waals surface area contributed by atoms with Gasteiger partial charge < -0.3 is 20.5 Å². The summed E-state index contributed by atoms with van der Waals surface area (Å²) in [5, 5.41) is 16.1. The van der Waals surface area contributed by atoms with Gasteiger partial charge in [-0.15, -0.1) is 0 Å². The van der Waals surface area contributed by atoms with Gasteiger partial charge in [0.2, 0.25) is 0 Å². The minimum Gasteiger partial charge on any atom is -0.508 e. The van der Waals surface area contributed by atoms with Gasteiger partial charge in [-0.25, -0.2) is 0 Å². The molecule has 1 aromatic rings. The summed E-state index contributed by atoms with van der Waals surface area (Å²) in [6, 6.07) is 7.35. The van der Waals surface area contributed by atoms with Crippen molar-refractivity contribution in [1.29, 1.82) is 0 Å². The number of aromatic hydroxyl groups is 1. The number of guanidine groups is 1. The van der Waals surface area contributed by atoms with E-state index in [1.54, 1.807) is 12.1 Å². The van der Waals surface area contributed by atoms with Gasteiger partial charge in [0.15, 0.2) is 5.96 Å². The second-order valence-corrected chi connectivity index (χ2v) is 5.94. The second-order valence-electron chi connectivity index (χ2n) is 5.94. The van der Waals surface area contributed by atoms with Gasteiger partial charge in [-0.05, 0) is 50.8 Å². The van der Waals surface area contributed by atoms with E-state index >= 15 is 0 Å². The Morgan fingerprint density at radius 2 is 2.27 bits per heavy atom. The molecular weight excluding hydrogens is 278 g/mol. The molecule has 0 bridgehead atoms. The highest BCUT2D eigenvalue weighted by Crippen LogP contribution is 2.24. The Morgan fingerprint density at radius 1 is 1.41 bits per heavy atom. The SMILES string of the molecule is CCNC(=NCC1(C)CCCO1)NCCc1cccc(O)c1. The summed E-state index contributed by atoms with van der Waals surface area (Å²) in [4.78, 5) is 4.64. The van der Waals surface area contributed by atoms with Crippen molar-refractivity contribution in [2.45, 2.75) is 38.7 Å². The number of rotatable bonds is 6. The zero-order valence-corrected chi connectivity index (χ0v) is 13.6. The number of hydrogen-bond donors (Lipinski definition) is 3. The van der Waals surface area contributed by atoms with Crippen LogP contribution in [0.4, 0.5) is 0 Å². The van der Waals surface area contributed by atoms with Crippen LogP contribution in [0, 0.1) is 0 Å². The zero-order chi connectivity index (χ0) is 15.8. The van der Waals surface area contributed by atoms with Crippen molar-refractivity contribution in [3.05, 3.63) is 29.8 Å². The van der Waals surface area contributed by atoms with Crippen LogP contribution >= 0.6 is 0 Å². The minimum absolute atomic E-state index is 0.117. The van der Waals surface area contributed by atoms with E-state index in [0.717, 1.165) is 50.5 Å². The molecule has 1 heterocycles. The largest absolute Gasteiger partial charge is 0.508 e. The van der Waals surface area contributed by atoms with Crippen LogP contribution in [0.3, 0.4) is 0 Å². The van der Waals surface area contributed by atoms with Gasteiger partial charge in [0, 0.05) is 19.7 Å². The van der Waals surface area contributed by atoms with E-state index in [9.17, 15) is 5.11 Å². The number of ether oxygens (including phenoxy) is 1. The zero-order valence-electron chi connectivity index (χ0n) is 13.6. The van der Waals surface area contributed by atoms with Crippen LogP contribution in [0.2, 0.25) is 0 Å². The first-order valence-corrected chi connectivity index (χ1v) is 8.05. The summed E-state index contributed by atoms with van der Waals surface area (Å²) < 4.78 is 5.77. The van der Waals surface area contributed by atoms with E-state index in [2.05, 4.69) is 29.5 Å². The predicted molar refractivity (Wildman–Crippen MR) is 89.4 cm³/mol. The van der Waals surface area contributed by atoms with Gasteiger partial charge in [-0.3, -0.25) is 4.99 Å². The maximum atomic E-state index is 9.47. The number of benzene rings is 1. The Hall–Kier alpha value is -1.75. The van der Waals surface area contributed by atoms with Crippen molar-refractivity contribution in [2.75, 3.05) is 26.2 Å². The van der Waals surface area contributed by atoms with Crippen molar-refractivity contribution in [3.63, 3.8) is 0 Å². The molecule has 5 heteroatoms. The van der Waals surface area contributed by atoms with Crippen molar-refractivity contribution >= 4 is 5.96 Å². The molecule has 0 aromatic heterocycles. The fraction of sp³-hybridized carbons (Fsp3) is 0.588. The van der Waals surface area contributed by atoms with Crippen LogP contribution in [0.5, 0.6) is 5.75 Å². The Morgan fingerprint density at radius 3 is 2.95 bits per heavy atom. The first-order valence-electron chi connectivity index (χ1n) is 8.05. The molecule has 1 aliphatic heterocycles. The van der Waals surface area contributed by atoms with Crippen LogP contribution in [-0.4, -0.2) is 42.9 Å². The highest BCUT2D eigenvalue weighted by atomic mass is 16.5. The molecular formula is C17H27N3O2. The Bertz CT molecular complexity index is 496. The third-order valence-electron chi connectivity index (χ3n) is 3.83. The third-order valence-corrected chi connectivity index (χ3v) is 3.83. The first-order chi connectivity index (χ1) is 10.6. The molecule has 5 nitrogen and oxygen atoms in total. The summed E-state index contributed by atoms with van der Waals surface area (Å²) in [5.41, 5.74) is 0.988. The fourth-order valence-electron chi connectivity index (χ4n) is 2.59. The number of hydrogen-bond acceptors (Lipinski definition) is 3. The van der Waals surface area contributed by atoms with E-state index < -0.39 is 0 Å². The second kappa shape index (κ2) is 8.03. The number of phenols is 1. The van der Waals surface area contributed by atoms with Crippen molar-refractivity contribution in [2.24, 2.45) is 4.99 Å². The predicted octanol–water partition coefficient (Wildman–Crippen LogP) is 2.06. The molecule has 1 fully saturated rings. The van der Waals surface area contributed by atoms with E-state index in [0.29, 0.717) is 12.3 Å². The Kier molecular flexibility index (Phi) is 6.07. The topological polar surface area (TPSA) is 65.9 Å². The molecule has 122 valence electrons. The molecule has 3 N–H and O–H groups in total. The van der Waals surface area contributed by atoms with Gasteiger partial charge in [-0.1, -0.05) is 12.1 Å². The molecule has 0 saturated carbocycles. The van der Waals surface area contributed by atoms with Crippen LogP contribution in [0.25, 0.3) is 0 Å². The molecule has 22 heavy (non-hydrogen) atoms. The Balaban J connectivity index is 1.83. The summed E-state index contributed by atoms with van der Waals surface area (Å²) in [6.07, 6.45) is 3.03. The van der Waals surface area contributed by atoms with E-state index in [1.807, 2.05) is 12.1 Å². The van der Waals surface area contributed by atoms with E-state index in [4.69, 9.17) is 4.74 Å². The molecule has 0 spiro atoms. The maximum absolute atomic E-state index is 9.47. The molecule has 2 rings (SSSR count). The lowest BCUT2D eigenvalue weighted by Gasteiger charge is -2.21. The van der Waals surface area contributed by atoms with Gasteiger partial charge in [0.05, 0.1) is 12.1 Å². The minimum atomic E-state index is -0.117. The van der Waals surface area contributed by atoms with Gasteiger partial charge >= 0.3 is 0 Å². The van der Waals surface area contributed by atoms with Gasteiger partial charge in [-0.2, -0.15) is 0 Å². The number of nitrogens with zero attached hydrogens (tertiary/aromatic N) is 1. The quantitative estimate of drug-likeness (QED) is 0.556. The maximum Gasteiger partial charge on any atom is 0.191 e. The number of phenolic OH excluding ortho intramolecular Hbond substituents is 1. The molecule has 0 amide bonds. The van der Waals surface area contributed by atoms with Gasteiger partial charge in [0.1, 0.15) is 5.75 Å². The van der Waals surface area contributed by atoms with Gasteiger partial charge in [0.25, 0.3) is 0 Å². The lowest BCUT2D eigenvalue weighted by atomic mass is 10.0. The van der Waals surface area contributed by atoms with Crippen LogP contribution in [0.1, 0.15) is 32.3 Å². The molecule has 0 aliphatic carbocycles. The molecule has 0 radical (unpaired) electrons. The van der Waals surface area contributed by atoms with Crippen LogP contribution < -0.4 is 10.6 Å². The smallest absolute Gasteiger partial charge is 0.191 e. The van der Waals surface area contributed by atoms with Crippen LogP contribution in [0.15, 0.2) is 29.3 Å². The molecule has 1 unspecified atom stereocenters. The van der Waals surface area contributed by atoms with Crippen LogP contribution in [-0.2, 0) is 11.2 Å². The summed E-state index contributed by atoms with van der Waals surface area (Å²) in [5.74, 6) is 1.13.